The minimum Gasteiger partial charge on any atom is -0.316 e. The van der Waals surface area contributed by atoms with Crippen LogP contribution >= 0.6 is 11.3 Å². The number of rotatable bonds is 5. The van der Waals surface area contributed by atoms with Crippen molar-refractivity contribution in [1.29, 1.82) is 5.26 Å². The Morgan fingerprint density at radius 1 is 1.44 bits per heavy atom. The first-order chi connectivity index (χ1) is 12.8. The summed E-state index contributed by atoms with van der Waals surface area (Å²) in [5, 5.41) is 28.3. The number of aromatic nitrogens is 2. The lowest BCUT2D eigenvalue weighted by molar-refractivity contribution is -0.386. The molecule has 0 aromatic carbocycles. The third-order valence-corrected chi connectivity index (χ3v) is 6.15. The highest BCUT2D eigenvalue weighted by atomic mass is 32.1. The summed E-state index contributed by atoms with van der Waals surface area (Å²) in [6.07, 6.45) is 4.02. The van der Waals surface area contributed by atoms with Crippen LogP contribution in [0.15, 0.2) is 0 Å². The summed E-state index contributed by atoms with van der Waals surface area (Å²) in [4.78, 5) is 24.5. The van der Waals surface area contributed by atoms with E-state index in [1.165, 1.54) is 20.9 Å². The van der Waals surface area contributed by atoms with Gasteiger partial charge in [-0.15, -0.1) is 11.3 Å². The number of nitriles is 1. The van der Waals surface area contributed by atoms with E-state index in [2.05, 4.69) is 16.5 Å². The van der Waals surface area contributed by atoms with Crippen molar-refractivity contribution in [1.82, 2.24) is 9.78 Å². The third kappa shape index (κ3) is 3.57. The number of nitrogens with one attached hydrogen (secondary N) is 1. The van der Waals surface area contributed by atoms with Crippen LogP contribution < -0.4 is 5.32 Å². The zero-order chi connectivity index (χ0) is 19.7. The molecule has 1 unspecified atom stereocenters. The van der Waals surface area contributed by atoms with Crippen molar-refractivity contribution in [3.05, 3.63) is 37.5 Å². The number of anilines is 1. The highest BCUT2D eigenvalue weighted by Crippen LogP contribution is 2.37. The van der Waals surface area contributed by atoms with Crippen molar-refractivity contribution in [2.24, 2.45) is 5.92 Å². The lowest BCUT2D eigenvalue weighted by Crippen LogP contribution is -2.25. The highest BCUT2D eigenvalue weighted by molar-refractivity contribution is 7.16. The minimum absolute atomic E-state index is 0.0136. The summed E-state index contributed by atoms with van der Waals surface area (Å²) in [7, 11) is 0. The Morgan fingerprint density at radius 3 is 2.78 bits per heavy atom. The normalized spacial score (nSPS) is 14.3. The lowest BCUT2D eigenvalue weighted by atomic mass is 9.96. The molecule has 0 saturated heterocycles. The fraction of sp³-hybridized carbons (Fsp3) is 0.500. The summed E-state index contributed by atoms with van der Waals surface area (Å²) in [5.41, 5.74) is 2.41. The molecule has 0 spiro atoms. The monoisotopic (exact) mass is 387 g/mol. The summed E-state index contributed by atoms with van der Waals surface area (Å²) in [5.74, 6) is -0.673. The molecule has 27 heavy (non-hydrogen) atoms. The molecular weight excluding hydrogens is 366 g/mol. The van der Waals surface area contributed by atoms with Gasteiger partial charge in [0, 0.05) is 4.88 Å². The van der Waals surface area contributed by atoms with E-state index >= 15 is 0 Å². The second kappa shape index (κ2) is 7.48. The molecule has 0 radical (unpaired) electrons. The van der Waals surface area contributed by atoms with Crippen molar-refractivity contribution in [3.8, 4) is 6.07 Å². The third-order valence-electron chi connectivity index (χ3n) is 4.94. The van der Waals surface area contributed by atoms with Gasteiger partial charge in [-0.05, 0) is 45.1 Å². The average Bonchev–Trinajstić information content (AvgIpc) is 3.10. The fourth-order valence-corrected chi connectivity index (χ4v) is 4.72. The van der Waals surface area contributed by atoms with Crippen molar-refractivity contribution >= 4 is 27.9 Å². The van der Waals surface area contributed by atoms with E-state index in [0.717, 1.165) is 31.2 Å². The fourth-order valence-electron chi connectivity index (χ4n) is 3.48. The van der Waals surface area contributed by atoms with E-state index in [-0.39, 0.29) is 18.1 Å². The lowest BCUT2D eigenvalue weighted by Gasteiger charge is -2.12. The van der Waals surface area contributed by atoms with Gasteiger partial charge < -0.3 is 5.32 Å². The highest BCUT2D eigenvalue weighted by Gasteiger charge is 2.26. The number of thiophene rings is 1. The number of fused-ring (bicyclic) bond motifs is 1. The molecule has 9 heteroatoms. The number of amides is 1. The second-order valence-electron chi connectivity index (χ2n) is 6.88. The molecule has 0 bridgehead atoms. The number of nitro groups is 1. The quantitative estimate of drug-likeness (QED) is 0.623. The van der Waals surface area contributed by atoms with E-state index < -0.39 is 10.8 Å². The Morgan fingerprint density at radius 2 is 2.15 bits per heavy atom. The number of hydrogen-bond acceptors (Lipinski definition) is 6. The van der Waals surface area contributed by atoms with E-state index in [1.807, 2.05) is 0 Å². The number of carbonyl (C=O) groups is 1. The van der Waals surface area contributed by atoms with Gasteiger partial charge in [0.1, 0.15) is 22.5 Å². The Kier molecular flexibility index (Phi) is 5.28. The maximum Gasteiger partial charge on any atom is 0.312 e. The molecular formula is C18H21N5O3S. The second-order valence-corrected chi connectivity index (χ2v) is 7.98. The predicted molar refractivity (Wildman–Crippen MR) is 102 cm³/mol. The zero-order valence-corrected chi connectivity index (χ0v) is 16.4. The Hall–Kier alpha value is -2.73. The smallest absolute Gasteiger partial charge is 0.312 e. The van der Waals surface area contributed by atoms with Gasteiger partial charge in [-0.25, -0.2) is 0 Å². The molecule has 0 aliphatic heterocycles. The van der Waals surface area contributed by atoms with Gasteiger partial charge in [0.25, 0.3) is 0 Å². The summed E-state index contributed by atoms with van der Waals surface area (Å²) < 4.78 is 1.50. The zero-order valence-electron chi connectivity index (χ0n) is 15.5. The molecule has 2 aromatic heterocycles. The van der Waals surface area contributed by atoms with Gasteiger partial charge in [-0.3, -0.25) is 19.6 Å². The Bertz CT molecular complexity index is 953. The first kappa shape index (κ1) is 19.0. The average molecular weight is 387 g/mol. The maximum atomic E-state index is 12.6. The largest absolute Gasteiger partial charge is 0.316 e. The first-order valence-electron chi connectivity index (χ1n) is 8.87. The van der Waals surface area contributed by atoms with Gasteiger partial charge >= 0.3 is 5.69 Å². The van der Waals surface area contributed by atoms with Crippen LogP contribution in [-0.2, 0) is 24.2 Å². The Balaban J connectivity index is 1.76. The predicted octanol–water partition coefficient (Wildman–Crippen LogP) is 3.49. The number of carbonyl (C=O) groups excluding carboxylic acids is 1. The van der Waals surface area contributed by atoms with Gasteiger partial charge in [0.05, 0.1) is 22.9 Å². The van der Waals surface area contributed by atoms with Gasteiger partial charge in [-0.2, -0.15) is 10.4 Å². The van der Waals surface area contributed by atoms with Crippen LogP contribution in [0.4, 0.5) is 10.7 Å². The molecule has 3 rings (SSSR count). The van der Waals surface area contributed by atoms with Gasteiger partial charge in [0.15, 0.2) is 0 Å². The molecule has 1 N–H and O–H groups in total. The molecule has 2 heterocycles. The SMILES string of the molecule is Cc1nn(CC(C)C(=O)Nc2sc3c(c2C#N)CCCC3)c(C)c1[N+](=O)[O-]. The first-order valence-corrected chi connectivity index (χ1v) is 9.69. The van der Waals surface area contributed by atoms with Gasteiger partial charge in [0.2, 0.25) is 5.91 Å². The molecule has 142 valence electrons. The molecule has 1 amide bonds. The van der Waals surface area contributed by atoms with Gasteiger partial charge in [-0.1, -0.05) is 6.92 Å². The van der Waals surface area contributed by atoms with Crippen LogP contribution in [0, 0.1) is 41.2 Å². The van der Waals surface area contributed by atoms with Crippen LogP contribution in [-0.4, -0.2) is 20.6 Å². The van der Waals surface area contributed by atoms with E-state index in [1.54, 1.807) is 20.8 Å². The number of hydrogen-bond donors (Lipinski definition) is 1. The minimum atomic E-state index is -0.451. The van der Waals surface area contributed by atoms with E-state index in [0.29, 0.717) is 22.0 Å². The number of aryl methyl sites for hydroxylation is 2. The van der Waals surface area contributed by atoms with Crippen LogP contribution in [0.2, 0.25) is 0 Å². The topological polar surface area (TPSA) is 114 Å². The van der Waals surface area contributed by atoms with Crippen LogP contribution in [0.3, 0.4) is 0 Å². The van der Waals surface area contributed by atoms with Crippen LogP contribution in [0.5, 0.6) is 0 Å². The Labute approximate surface area is 161 Å². The van der Waals surface area contributed by atoms with Crippen molar-refractivity contribution in [2.45, 2.75) is 53.0 Å². The molecule has 1 aliphatic rings. The molecule has 1 atom stereocenters. The molecule has 0 fully saturated rings. The summed E-state index contributed by atoms with van der Waals surface area (Å²) >= 11 is 1.49. The van der Waals surface area contributed by atoms with E-state index in [9.17, 15) is 20.2 Å². The standard InChI is InChI=1S/C18H21N5O3S/c1-10(9-22-12(3)16(23(25)26)11(2)21-22)17(24)20-18-14(8-19)13-6-4-5-7-15(13)27-18/h10H,4-7,9H2,1-3H3,(H,20,24). The molecule has 1 aliphatic carbocycles. The van der Waals surface area contributed by atoms with E-state index in [4.69, 9.17) is 0 Å². The molecule has 2 aromatic rings. The van der Waals surface area contributed by atoms with Crippen molar-refractivity contribution < 1.29 is 9.72 Å². The number of nitrogens with zero attached hydrogens (tertiary/aromatic N) is 4. The summed E-state index contributed by atoms with van der Waals surface area (Å²) in [6, 6.07) is 2.23. The van der Waals surface area contributed by atoms with Crippen molar-refractivity contribution in [3.63, 3.8) is 0 Å². The molecule has 8 nitrogen and oxygen atoms in total. The van der Waals surface area contributed by atoms with Crippen molar-refractivity contribution in [2.75, 3.05) is 5.32 Å². The molecule has 0 saturated carbocycles. The van der Waals surface area contributed by atoms with Crippen LogP contribution in [0.25, 0.3) is 0 Å². The van der Waals surface area contributed by atoms with Crippen LogP contribution in [0.1, 0.15) is 47.2 Å². The summed E-state index contributed by atoms with van der Waals surface area (Å²) in [6.45, 7) is 5.20. The maximum absolute atomic E-state index is 12.6.